The summed E-state index contributed by atoms with van der Waals surface area (Å²) in [5.41, 5.74) is 3.91. The first-order chi connectivity index (χ1) is 16.9. The molecule has 1 aliphatic rings. The SMILES string of the molecule is CCOC(=O)c1c(S(=O)(=O)N2CCC[C@H](C(=O)Nc3ccc(C)c(N(C)C)c3)C2)c(C)n(CC)c1C. The van der Waals surface area contributed by atoms with Crippen molar-refractivity contribution in [1.29, 1.82) is 0 Å². The van der Waals surface area contributed by atoms with E-state index in [1.54, 1.807) is 20.8 Å². The highest BCUT2D eigenvalue weighted by Gasteiger charge is 2.39. The fraction of sp³-hybridized carbons (Fsp3) is 0.538. The smallest absolute Gasteiger partial charge is 0.341 e. The molecule has 0 unspecified atom stereocenters. The molecule has 1 amide bonds. The molecule has 1 atom stereocenters. The van der Waals surface area contributed by atoms with Gasteiger partial charge in [0.25, 0.3) is 0 Å². The molecule has 1 aromatic carbocycles. The third kappa shape index (κ3) is 5.29. The van der Waals surface area contributed by atoms with Crippen molar-refractivity contribution in [1.82, 2.24) is 8.87 Å². The van der Waals surface area contributed by atoms with E-state index >= 15 is 0 Å². The molecule has 198 valence electrons. The van der Waals surface area contributed by atoms with Gasteiger partial charge in [0, 0.05) is 56.5 Å². The summed E-state index contributed by atoms with van der Waals surface area (Å²) in [6, 6.07) is 5.71. The summed E-state index contributed by atoms with van der Waals surface area (Å²) in [5.74, 6) is -1.36. The number of piperidine rings is 1. The Balaban J connectivity index is 1.89. The van der Waals surface area contributed by atoms with Gasteiger partial charge in [0.1, 0.15) is 10.5 Å². The number of amides is 1. The number of benzene rings is 1. The standard InChI is InChI=1S/C26H38N4O5S/c1-8-30-18(4)23(26(32)35-9-2)24(19(30)5)36(33,34)29-14-10-11-20(16-29)25(31)27-21-13-12-17(3)22(15-21)28(6)7/h12-13,15,20H,8-11,14,16H2,1-7H3,(H,27,31)/t20-/m0/s1. The Labute approximate surface area is 214 Å². The van der Waals surface area contributed by atoms with Crippen molar-refractivity contribution in [2.24, 2.45) is 5.92 Å². The number of rotatable bonds is 8. The predicted octanol–water partition coefficient (Wildman–Crippen LogP) is 3.72. The number of sulfonamides is 1. The quantitative estimate of drug-likeness (QED) is 0.535. The van der Waals surface area contributed by atoms with Crippen LogP contribution in [0.5, 0.6) is 0 Å². The number of anilines is 2. The Morgan fingerprint density at radius 2 is 1.83 bits per heavy atom. The number of nitrogens with zero attached hydrogens (tertiary/aromatic N) is 3. The first-order valence-corrected chi connectivity index (χ1v) is 13.8. The summed E-state index contributed by atoms with van der Waals surface area (Å²) in [7, 11) is -0.152. The Morgan fingerprint density at radius 3 is 2.44 bits per heavy atom. The van der Waals surface area contributed by atoms with Crippen LogP contribution >= 0.6 is 0 Å². The summed E-state index contributed by atoms with van der Waals surface area (Å²) >= 11 is 0. The van der Waals surface area contributed by atoms with Crippen LogP contribution in [0.15, 0.2) is 23.1 Å². The van der Waals surface area contributed by atoms with Gasteiger partial charge in [-0.3, -0.25) is 4.79 Å². The average molecular weight is 519 g/mol. The zero-order valence-corrected chi connectivity index (χ0v) is 23.2. The third-order valence-electron chi connectivity index (χ3n) is 6.83. The van der Waals surface area contributed by atoms with E-state index in [4.69, 9.17) is 4.74 Å². The molecule has 10 heteroatoms. The van der Waals surface area contributed by atoms with Gasteiger partial charge in [-0.05, 0) is 65.2 Å². The second kappa shape index (κ2) is 11.0. The summed E-state index contributed by atoms with van der Waals surface area (Å²) in [5, 5.41) is 2.96. The van der Waals surface area contributed by atoms with Crippen LogP contribution in [-0.2, 0) is 26.1 Å². The van der Waals surface area contributed by atoms with Gasteiger partial charge in [-0.1, -0.05) is 6.07 Å². The van der Waals surface area contributed by atoms with E-state index in [1.165, 1.54) is 4.31 Å². The Kier molecular flexibility index (Phi) is 8.51. The lowest BCUT2D eigenvalue weighted by molar-refractivity contribution is -0.120. The monoisotopic (exact) mass is 518 g/mol. The Hall–Kier alpha value is -2.85. The first kappa shape index (κ1) is 27.7. The van der Waals surface area contributed by atoms with Crippen molar-refractivity contribution in [2.45, 2.75) is 58.9 Å². The molecule has 1 N–H and O–H groups in total. The van der Waals surface area contributed by atoms with Gasteiger partial charge < -0.3 is 19.5 Å². The Bertz CT molecular complexity index is 1250. The molecule has 1 fully saturated rings. The Morgan fingerprint density at radius 1 is 1.14 bits per heavy atom. The van der Waals surface area contributed by atoms with E-state index in [2.05, 4.69) is 5.32 Å². The first-order valence-electron chi connectivity index (χ1n) is 12.4. The molecule has 0 saturated carbocycles. The third-order valence-corrected chi connectivity index (χ3v) is 8.86. The van der Waals surface area contributed by atoms with E-state index in [9.17, 15) is 18.0 Å². The average Bonchev–Trinajstić information content (AvgIpc) is 3.10. The van der Waals surface area contributed by atoms with Crippen LogP contribution in [0.4, 0.5) is 11.4 Å². The largest absolute Gasteiger partial charge is 0.462 e. The zero-order valence-electron chi connectivity index (χ0n) is 22.3. The zero-order chi connectivity index (χ0) is 26.8. The van der Waals surface area contributed by atoms with Crippen LogP contribution < -0.4 is 10.2 Å². The molecule has 2 aromatic rings. The highest BCUT2D eigenvalue weighted by atomic mass is 32.2. The van der Waals surface area contributed by atoms with Crippen molar-refractivity contribution in [3.63, 3.8) is 0 Å². The second-order valence-corrected chi connectivity index (χ2v) is 11.3. The number of carbonyl (C=O) groups is 2. The molecule has 36 heavy (non-hydrogen) atoms. The molecular weight excluding hydrogens is 480 g/mol. The lowest BCUT2D eigenvalue weighted by Crippen LogP contribution is -2.44. The van der Waals surface area contributed by atoms with E-state index < -0.39 is 21.9 Å². The van der Waals surface area contributed by atoms with E-state index in [0.717, 1.165) is 11.3 Å². The number of esters is 1. The van der Waals surface area contributed by atoms with Crippen LogP contribution in [0.3, 0.4) is 0 Å². The predicted molar refractivity (Wildman–Crippen MR) is 141 cm³/mol. The van der Waals surface area contributed by atoms with Crippen molar-refractivity contribution < 1.29 is 22.7 Å². The minimum atomic E-state index is -4.04. The molecule has 3 rings (SSSR count). The molecule has 0 spiro atoms. The maximum absolute atomic E-state index is 13.9. The molecule has 9 nitrogen and oxygen atoms in total. The van der Waals surface area contributed by atoms with Crippen LogP contribution in [-0.4, -0.2) is 63.0 Å². The fourth-order valence-electron chi connectivity index (χ4n) is 5.01. The van der Waals surface area contributed by atoms with Crippen LogP contribution in [0.25, 0.3) is 0 Å². The van der Waals surface area contributed by atoms with Crippen LogP contribution in [0.1, 0.15) is 54.0 Å². The minimum Gasteiger partial charge on any atom is -0.462 e. The molecule has 1 saturated heterocycles. The molecule has 1 aliphatic heterocycles. The van der Waals surface area contributed by atoms with Gasteiger partial charge >= 0.3 is 5.97 Å². The highest BCUT2D eigenvalue weighted by Crippen LogP contribution is 2.33. The lowest BCUT2D eigenvalue weighted by atomic mass is 9.98. The van der Waals surface area contributed by atoms with Crippen molar-refractivity contribution in [3.05, 3.63) is 40.7 Å². The number of hydrogen-bond acceptors (Lipinski definition) is 6. The number of aryl methyl sites for hydroxylation is 1. The van der Waals surface area contributed by atoms with E-state index in [1.807, 2.05) is 55.6 Å². The molecule has 1 aromatic heterocycles. The lowest BCUT2D eigenvalue weighted by Gasteiger charge is -2.31. The van der Waals surface area contributed by atoms with Gasteiger partial charge in [-0.2, -0.15) is 4.31 Å². The molecule has 0 aliphatic carbocycles. The van der Waals surface area contributed by atoms with Gasteiger partial charge in [0.05, 0.1) is 12.5 Å². The number of carbonyl (C=O) groups excluding carboxylic acids is 2. The van der Waals surface area contributed by atoms with Crippen LogP contribution in [0, 0.1) is 26.7 Å². The van der Waals surface area contributed by atoms with Gasteiger partial charge in [0.2, 0.25) is 15.9 Å². The van der Waals surface area contributed by atoms with Crippen molar-refractivity contribution in [2.75, 3.05) is 44.0 Å². The van der Waals surface area contributed by atoms with E-state index in [0.29, 0.717) is 43.0 Å². The highest BCUT2D eigenvalue weighted by molar-refractivity contribution is 7.89. The number of ether oxygens (including phenoxy) is 1. The minimum absolute atomic E-state index is 0.0180. The summed E-state index contributed by atoms with van der Waals surface area (Å²) < 4.78 is 36.1. The summed E-state index contributed by atoms with van der Waals surface area (Å²) in [6.07, 6.45) is 1.14. The van der Waals surface area contributed by atoms with Gasteiger partial charge in [-0.25, -0.2) is 13.2 Å². The van der Waals surface area contributed by atoms with Crippen molar-refractivity contribution >= 4 is 33.3 Å². The van der Waals surface area contributed by atoms with E-state index in [-0.39, 0.29) is 29.5 Å². The fourth-order valence-corrected chi connectivity index (χ4v) is 6.98. The normalized spacial score (nSPS) is 16.6. The van der Waals surface area contributed by atoms with Gasteiger partial charge in [-0.15, -0.1) is 0 Å². The van der Waals surface area contributed by atoms with Gasteiger partial charge in [0.15, 0.2) is 0 Å². The molecule has 0 radical (unpaired) electrons. The summed E-state index contributed by atoms with van der Waals surface area (Å²) in [6.45, 7) is 10.1. The molecule has 0 bridgehead atoms. The number of hydrogen-bond donors (Lipinski definition) is 1. The molecule has 2 heterocycles. The maximum Gasteiger partial charge on any atom is 0.341 e. The number of nitrogens with one attached hydrogen (secondary N) is 1. The summed E-state index contributed by atoms with van der Waals surface area (Å²) in [4.78, 5) is 27.9. The number of aromatic nitrogens is 1. The maximum atomic E-state index is 13.9. The molecular formula is C26H38N4O5S. The van der Waals surface area contributed by atoms with Crippen molar-refractivity contribution in [3.8, 4) is 0 Å². The van der Waals surface area contributed by atoms with Crippen LogP contribution in [0.2, 0.25) is 0 Å². The second-order valence-electron chi connectivity index (χ2n) is 9.43. The topological polar surface area (TPSA) is 101 Å².